The lowest BCUT2D eigenvalue weighted by Crippen LogP contribution is -2.07. The average molecular weight is 168 g/mol. The average Bonchev–Trinajstić information content (AvgIpc) is 2.48. The second-order valence-electron chi connectivity index (χ2n) is 2.44. The molecule has 12 heavy (non-hydrogen) atoms. The Bertz CT molecular complexity index is 274. The van der Waals surface area contributed by atoms with Crippen molar-refractivity contribution in [1.82, 2.24) is 4.57 Å². The highest BCUT2D eigenvalue weighted by Crippen LogP contribution is 1.91. The molecule has 1 radical (unpaired) electrons. The Morgan fingerprint density at radius 2 is 2.50 bits per heavy atom. The molecule has 0 aliphatic rings. The minimum Gasteiger partial charge on any atom is -0.481 e. The van der Waals surface area contributed by atoms with E-state index in [0.717, 1.165) is 0 Å². The standard InChI is InChI=1S/C7H8BFNO2/c9-8-6-1-3-10(5-6)4-2-7(11)12/h1,3,5H,2,4H2,(H,11,12). The topological polar surface area (TPSA) is 42.2 Å². The summed E-state index contributed by atoms with van der Waals surface area (Å²) in [5.74, 6) is -0.852. The molecule has 0 saturated heterocycles. The molecular weight excluding hydrogens is 160 g/mol. The molecule has 1 aromatic heterocycles. The number of rotatable bonds is 4. The predicted molar refractivity (Wildman–Crippen MR) is 43.2 cm³/mol. The summed E-state index contributed by atoms with van der Waals surface area (Å²) in [7, 11) is 0.483. The van der Waals surface area contributed by atoms with E-state index in [0.29, 0.717) is 19.6 Å². The van der Waals surface area contributed by atoms with Crippen LogP contribution in [0.1, 0.15) is 6.42 Å². The highest BCUT2D eigenvalue weighted by atomic mass is 19.1. The fraction of sp³-hybridized carbons (Fsp3) is 0.286. The summed E-state index contributed by atoms with van der Waals surface area (Å²) in [5, 5.41) is 8.34. The van der Waals surface area contributed by atoms with Gasteiger partial charge in [-0.2, -0.15) is 0 Å². The van der Waals surface area contributed by atoms with Crippen LogP contribution in [0.4, 0.5) is 4.32 Å². The van der Waals surface area contributed by atoms with Crippen molar-refractivity contribution in [3.8, 4) is 0 Å². The third kappa shape index (κ3) is 2.41. The molecule has 3 nitrogen and oxygen atoms in total. The predicted octanol–water partition coefficient (Wildman–Crippen LogP) is 0.177. The molecule has 1 N–H and O–H groups in total. The Kier molecular flexibility index (Phi) is 2.91. The van der Waals surface area contributed by atoms with Gasteiger partial charge < -0.3 is 14.0 Å². The number of carbonyl (C=O) groups is 1. The highest BCUT2D eigenvalue weighted by Gasteiger charge is 2.00. The maximum Gasteiger partial charge on any atom is 0.393 e. The second-order valence-corrected chi connectivity index (χ2v) is 2.44. The van der Waals surface area contributed by atoms with E-state index in [4.69, 9.17) is 5.11 Å². The molecule has 1 rings (SSSR count). The molecule has 0 aliphatic carbocycles. The number of hydrogen-bond acceptors (Lipinski definition) is 1. The van der Waals surface area contributed by atoms with Crippen molar-refractivity contribution in [2.24, 2.45) is 0 Å². The number of nitrogens with zero attached hydrogens (tertiary/aromatic N) is 1. The van der Waals surface area contributed by atoms with Crippen LogP contribution >= 0.6 is 0 Å². The summed E-state index contributed by atoms with van der Waals surface area (Å²) in [6.07, 6.45) is 3.26. The molecule has 0 amide bonds. The monoisotopic (exact) mass is 168 g/mol. The molecule has 0 saturated carbocycles. The van der Waals surface area contributed by atoms with Crippen LogP contribution in [0.2, 0.25) is 0 Å². The summed E-state index contributed by atoms with van der Waals surface area (Å²) < 4.78 is 13.5. The van der Waals surface area contributed by atoms with Crippen molar-refractivity contribution >= 4 is 19.0 Å². The van der Waals surface area contributed by atoms with Gasteiger partial charge in [0.15, 0.2) is 0 Å². The van der Waals surface area contributed by atoms with Crippen molar-refractivity contribution in [2.45, 2.75) is 13.0 Å². The maximum absolute atomic E-state index is 11.9. The molecule has 5 heteroatoms. The molecule has 0 bridgehead atoms. The third-order valence-corrected chi connectivity index (χ3v) is 1.48. The highest BCUT2D eigenvalue weighted by molar-refractivity contribution is 6.46. The smallest absolute Gasteiger partial charge is 0.393 e. The number of aromatic nitrogens is 1. The van der Waals surface area contributed by atoms with Crippen LogP contribution in [-0.4, -0.2) is 23.2 Å². The Labute approximate surface area is 70.1 Å². The summed E-state index contributed by atoms with van der Waals surface area (Å²) in [4.78, 5) is 10.2. The van der Waals surface area contributed by atoms with Gasteiger partial charge in [0, 0.05) is 18.9 Å². The van der Waals surface area contributed by atoms with E-state index in [1.165, 1.54) is 0 Å². The van der Waals surface area contributed by atoms with Gasteiger partial charge in [0.25, 0.3) is 0 Å². The molecule has 0 spiro atoms. The number of carboxylic acids is 1. The number of halogens is 1. The Morgan fingerprint density at radius 1 is 1.75 bits per heavy atom. The zero-order chi connectivity index (χ0) is 8.97. The normalized spacial score (nSPS) is 9.75. The third-order valence-electron chi connectivity index (χ3n) is 1.48. The largest absolute Gasteiger partial charge is 0.481 e. The van der Waals surface area contributed by atoms with Crippen molar-refractivity contribution in [3.05, 3.63) is 18.5 Å². The van der Waals surface area contributed by atoms with Crippen LogP contribution in [0.5, 0.6) is 0 Å². The first-order valence-electron chi connectivity index (χ1n) is 3.53. The minimum absolute atomic E-state index is 0.0560. The summed E-state index contributed by atoms with van der Waals surface area (Å²) in [6, 6.07) is 1.59. The van der Waals surface area contributed by atoms with Gasteiger partial charge in [-0.3, -0.25) is 4.79 Å². The van der Waals surface area contributed by atoms with E-state index < -0.39 is 5.97 Å². The summed E-state index contributed by atoms with van der Waals surface area (Å²) in [6.45, 7) is 0.378. The Morgan fingerprint density at radius 3 is 3.00 bits per heavy atom. The maximum atomic E-state index is 11.9. The first kappa shape index (κ1) is 8.84. The van der Waals surface area contributed by atoms with Gasteiger partial charge in [-0.15, -0.1) is 0 Å². The quantitative estimate of drug-likeness (QED) is 0.651. The molecule has 63 valence electrons. The molecule has 0 unspecified atom stereocenters. The molecule has 1 heterocycles. The Balaban J connectivity index is 2.47. The molecule has 0 aromatic carbocycles. The van der Waals surface area contributed by atoms with E-state index in [1.54, 1.807) is 23.0 Å². The Hall–Kier alpha value is -1.26. The molecular formula is C7H8BFNO2. The molecule has 0 aliphatic heterocycles. The number of carboxylic acid groups (broad SMARTS) is 1. The first-order valence-corrected chi connectivity index (χ1v) is 3.53. The van der Waals surface area contributed by atoms with Gasteiger partial charge in [0.05, 0.1) is 6.42 Å². The fourth-order valence-corrected chi connectivity index (χ4v) is 0.888. The van der Waals surface area contributed by atoms with E-state index in [-0.39, 0.29) is 6.42 Å². The van der Waals surface area contributed by atoms with Crippen LogP contribution in [0.15, 0.2) is 18.5 Å². The van der Waals surface area contributed by atoms with E-state index in [1.807, 2.05) is 0 Å². The lowest BCUT2D eigenvalue weighted by molar-refractivity contribution is -0.137. The van der Waals surface area contributed by atoms with Gasteiger partial charge in [0.2, 0.25) is 0 Å². The van der Waals surface area contributed by atoms with Crippen LogP contribution in [0, 0.1) is 0 Å². The van der Waals surface area contributed by atoms with Crippen LogP contribution in [-0.2, 0) is 11.3 Å². The van der Waals surface area contributed by atoms with Crippen LogP contribution in [0.3, 0.4) is 0 Å². The first-order chi connectivity index (χ1) is 5.72. The van der Waals surface area contributed by atoms with Crippen LogP contribution in [0.25, 0.3) is 0 Å². The lowest BCUT2D eigenvalue weighted by Gasteiger charge is -1.97. The minimum atomic E-state index is -0.852. The lowest BCUT2D eigenvalue weighted by atomic mass is 9.95. The molecule has 0 fully saturated rings. The van der Waals surface area contributed by atoms with Crippen molar-refractivity contribution < 1.29 is 14.2 Å². The summed E-state index contributed by atoms with van der Waals surface area (Å²) in [5.41, 5.74) is 0.459. The van der Waals surface area contributed by atoms with Crippen molar-refractivity contribution in [1.29, 1.82) is 0 Å². The summed E-state index contributed by atoms with van der Waals surface area (Å²) >= 11 is 0. The zero-order valence-corrected chi connectivity index (χ0v) is 6.40. The van der Waals surface area contributed by atoms with Gasteiger partial charge in [-0.25, -0.2) is 0 Å². The number of aliphatic carboxylic acids is 1. The van der Waals surface area contributed by atoms with Gasteiger partial charge in [-0.1, -0.05) is 0 Å². The molecule has 1 aromatic rings. The second kappa shape index (κ2) is 3.94. The number of hydrogen-bond donors (Lipinski definition) is 1. The van der Waals surface area contributed by atoms with Crippen molar-refractivity contribution in [3.63, 3.8) is 0 Å². The fourth-order valence-electron chi connectivity index (χ4n) is 0.888. The van der Waals surface area contributed by atoms with Gasteiger partial charge >= 0.3 is 13.5 Å². The van der Waals surface area contributed by atoms with Crippen molar-refractivity contribution in [2.75, 3.05) is 0 Å². The number of aryl methyl sites for hydroxylation is 1. The van der Waals surface area contributed by atoms with E-state index >= 15 is 0 Å². The molecule has 0 atom stereocenters. The van der Waals surface area contributed by atoms with Gasteiger partial charge in [0.1, 0.15) is 0 Å². The zero-order valence-electron chi connectivity index (χ0n) is 6.40. The van der Waals surface area contributed by atoms with E-state index in [9.17, 15) is 9.11 Å². The SMILES string of the molecule is O=C(O)CCn1ccc([B]F)c1. The van der Waals surface area contributed by atoms with Crippen LogP contribution < -0.4 is 5.46 Å². The van der Waals surface area contributed by atoms with Gasteiger partial charge in [-0.05, 0) is 11.5 Å². The van der Waals surface area contributed by atoms with E-state index in [2.05, 4.69) is 0 Å².